The lowest BCUT2D eigenvalue weighted by Gasteiger charge is -2.45. The number of hydrogen-bond donors (Lipinski definition) is 3. The van der Waals surface area contributed by atoms with E-state index in [0.29, 0.717) is 23.9 Å². The molecule has 3 N–H and O–H groups in total. The second-order valence-electron chi connectivity index (χ2n) is 10.8. The molecule has 6 nitrogen and oxygen atoms in total. The van der Waals surface area contributed by atoms with Gasteiger partial charge < -0.3 is 25.3 Å². The topological polar surface area (TPSA) is 69.5 Å². The molecule has 2 spiro atoms. The van der Waals surface area contributed by atoms with Gasteiger partial charge in [-0.2, -0.15) is 0 Å². The van der Waals surface area contributed by atoms with Gasteiger partial charge >= 0.3 is 0 Å². The zero-order chi connectivity index (χ0) is 24.5. The number of carbonyl (C=O) groups is 1. The number of benzene rings is 1. The van der Waals surface area contributed by atoms with Crippen LogP contribution in [0.5, 0.6) is 0 Å². The summed E-state index contributed by atoms with van der Waals surface area (Å²) in [6.45, 7) is 6.58. The lowest BCUT2D eigenvalue weighted by atomic mass is 9.74. The fraction of sp³-hybridized carbons (Fsp3) is 0.464. The van der Waals surface area contributed by atoms with Crippen molar-refractivity contribution in [2.45, 2.75) is 62.4 Å². The Balaban J connectivity index is 1.21. The highest BCUT2D eigenvalue weighted by Gasteiger charge is 2.44. The summed E-state index contributed by atoms with van der Waals surface area (Å²) in [7, 11) is 0. The van der Waals surface area contributed by atoms with Crippen LogP contribution in [0.3, 0.4) is 0 Å². The van der Waals surface area contributed by atoms with Crippen molar-refractivity contribution in [3.63, 3.8) is 0 Å². The van der Waals surface area contributed by atoms with E-state index in [-0.39, 0.29) is 17.0 Å². The molecule has 8 heteroatoms. The van der Waals surface area contributed by atoms with Gasteiger partial charge in [0.25, 0.3) is 5.91 Å². The summed E-state index contributed by atoms with van der Waals surface area (Å²) >= 11 is 8.63. The lowest BCUT2D eigenvalue weighted by Crippen LogP contribution is -2.54. The number of amides is 1. The van der Waals surface area contributed by atoms with E-state index < -0.39 is 0 Å². The van der Waals surface area contributed by atoms with Gasteiger partial charge in [0.15, 0.2) is 5.76 Å². The number of anilines is 1. The van der Waals surface area contributed by atoms with Crippen molar-refractivity contribution in [2.24, 2.45) is 0 Å². The molecular weight excluding hydrogens is 492 g/mol. The van der Waals surface area contributed by atoms with Gasteiger partial charge in [-0.1, -0.05) is 37.4 Å². The van der Waals surface area contributed by atoms with Crippen LogP contribution in [0, 0.1) is 0 Å². The molecule has 1 aromatic carbocycles. The number of hydrogen-bond acceptors (Lipinski definition) is 6. The van der Waals surface area contributed by atoms with Crippen LogP contribution in [0.4, 0.5) is 5.69 Å². The Bertz CT molecular complexity index is 1380. The molecule has 4 aliphatic rings. The van der Waals surface area contributed by atoms with Gasteiger partial charge in [-0.15, -0.1) is 11.3 Å². The molecule has 0 unspecified atom stereocenters. The molecule has 1 saturated carbocycles. The molecule has 1 amide bonds. The van der Waals surface area contributed by atoms with Crippen LogP contribution in [0.15, 0.2) is 40.4 Å². The fourth-order valence-electron chi connectivity index (χ4n) is 7.06. The second-order valence-corrected chi connectivity index (χ2v) is 12.2. The maximum absolute atomic E-state index is 13.6. The van der Waals surface area contributed by atoms with Crippen LogP contribution < -0.4 is 16.0 Å². The zero-order valence-electron chi connectivity index (χ0n) is 20.3. The standard InChI is InChI=1S/C28H31ClN4O2S/c1-17-31-24-20(29)15-18-16-21(35-25(18)23(24)28(32-17)7-3-2-4-8-28)26(34)33-12-9-27(10-13-33)19-6-14-36-22(19)5-11-30-27/h6,14-16,30-32H,1-5,7-13H2. The average molecular weight is 523 g/mol. The number of rotatable bonds is 1. The number of carbonyl (C=O) groups excluding carboxylic acids is 1. The average Bonchev–Trinajstić information content (AvgIpc) is 3.53. The molecule has 188 valence electrons. The molecule has 3 aliphatic heterocycles. The second kappa shape index (κ2) is 8.27. The van der Waals surface area contributed by atoms with Crippen LogP contribution in [-0.2, 0) is 17.5 Å². The Morgan fingerprint density at radius 2 is 1.92 bits per heavy atom. The van der Waals surface area contributed by atoms with Crippen molar-refractivity contribution in [2.75, 3.05) is 25.0 Å². The van der Waals surface area contributed by atoms with E-state index >= 15 is 0 Å². The lowest BCUT2D eigenvalue weighted by molar-refractivity contribution is 0.0602. The Morgan fingerprint density at radius 3 is 2.72 bits per heavy atom. The van der Waals surface area contributed by atoms with Crippen molar-refractivity contribution in [1.82, 2.24) is 15.5 Å². The van der Waals surface area contributed by atoms with E-state index in [1.165, 1.54) is 16.9 Å². The molecular formula is C28H31ClN4O2S. The monoisotopic (exact) mass is 522 g/mol. The minimum atomic E-state index is -0.264. The van der Waals surface area contributed by atoms with E-state index in [1.807, 2.05) is 28.4 Å². The Labute approximate surface area is 220 Å². The van der Waals surface area contributed by atoms with Crippen molar-refractivity contribution < 1.29 is 9.21 Å². The molecule has 1 aliphatic carbocycles. The molecule has 36 heavy (non-hydrogen) atoms. The van der Waals surface area contributed by atoms with Crippen LogP contribution in [0.2, 0.25) is 5.02 Å². The third kappa shape index (κ3) is 3.36. The minimum Gasteiger partial charge on any atom is -0.450 e. The Morgan fingerprint density at radius 1 is 1.11 bits per heavy atom. The first kappa shape index (κ1) is 22.7. The SMILES string of the molecule is C=C1Nc2c(Cl)cc3cc(C(=O)N4CCC5(CC4)NCCc4sccc45)oc3c2C2(CCCCC2)N1. The number of fused-ring (bicyclic) bond motifs is 6. The van der Waals surface area contributed by atoms with Gasteiger partial charge in [-0.05, 0) is 61.2 Å². The van der Waals surface area contributed by atoms with Gasteiger partial charge in [0.2, 0.25) is 0 Å². The predicted octanol–water partition coefficient (Wildman–Crippen LogP) is 6.07. The van der Waals surface area contributed by atoms with Crippen molar-refractivity contribution in [3.05, 3.63) is 62.8 Å². The molecule has 3 aromatic rings. The summed E-state index contributed by atoms with van der Waals surface area (Å²) in [5.41, 5.74) is 3.84. The minimum absolute atomic E-state index is 0.00205. The van der Waals surface area contributed by atoms with Crippen LogP contribution >= 0.6 is 22.9 Å². The molecule has 5 heterocycles. The summed E-state index contributed by atoms with van der Waals surface area (Å²) in [4.78, 5) is 17.1. The maximum atomic E-state index is 13.6. The molecule has 1 saturated heterocycles. The zero-order valence-corrected chi connectivity index (χ0v) is 21.9. The van der Waals surface area contributed by atoms with E-state index in [2.05, 4.69) is 34.0 Å². The van der Waals surface area contributed by atoms with Crippen molar-refractivity contribution >= 4 is 45.5 Å². The number of nitrogens with one attached hydrogen (secondary N) is 3. The number of likely N-dealkylation sites (tertiary alicyclic amines) is 1. The predicted molar refractivity (Wildman–Crippen MR) is 145 cm³/mol. The number of halogens is 1. The summed E-state index contributed by atoms with van der Waals surface area (Å²) in [6, 6.07) is 6.06. The number of thiophene rings is 1. The Hall–Kier alpha value is -2.48. The summed E-state index contributed by atoms with van der Waals surface area (Å²) in [5, 5.41) is 14.5. The van der Waals surface area contributed by atoms with Gasteiger partial charge in [-0.25, -0.2) is 0 Å². The largest absolute Gasteiger partial charge is 0.450 e. The van der Waals surface area contributed by atoms with Crippen LogP contribution in [-0.4, -0.2) is 30.4 Å². The maximum Gasteiger partial charge on any atom is 0.289 e. The van der Waals surface area contributed by atoms with Crippen LogP contribution in [0.25, 0.3) is 11.0 Å². The fourth-order valence-corrected chi connectivity index (χ4v) is 8.30. The van der Waals surface area contributed by atoms with Crippen molar-refractivity contribution in [1.29, 1.82) is 0 Å². The third-order valence-electron chi connectivity index (χ3n) is 8.80. The third-order valence-corrected chi connectivity index (χ3v) is 10.1. The highest BCUT2D eigenvalue weighted by atomic mass is 35.5. The van der Waals surface area contributed by atoms with E-state index in [0.717, 1.165) is 79.5 Å². The highest BCUT2D eigenvalue weighted by Crippen LogP contribution is 2.50. The van der Waals surface area contributed by atoms with E-state index in [1.54, 1.807) is 0 Å². The first-order valence-corrected chi connectivity index (χ1v) is 14.4. The van der Waals surface area contributed by atoms with Gasteiger partial charge in [0.1, 0.15) is 5.58 Å². The molecule has 2 aromatic heterocycles. The first-order chi connectivity index (χ1) is 17.5. The molecule has 0 radical (unpaired) electrons. The van der Waals surface area contributed by atoms with Gasteiger partial charge in [0.05, 0.1) is 22.1 Å². The first-order valence-electron chi connectivity index (χ1n) is 13.1. The summed E-state index contributed by atoms with van der Waals surface area (Å²) < 4.78 is 6.41. The normalized spacial score (nSPS) is 22.2. The van der Waals surface area contributed by atoms with Gasteiger partial charge in [0, 0.05) is 41.0 Å². The molecule has 2 fully saturated rings. The van der Waals surface area contributed by atoms with Crippen molar-refractivity contribution in [3.8, 4) is 0 Å². The quantitative estimate of drug-likeness (QED) is 0.362. The summed E-state index contributed by atoms with van der Waals surface area (Å²) in [6.07, 6.45) is 8.42. The molecule has 0 atom stereocenters. The van der Waals surface area contributed by atoms with Gasteiger partial charge in [-0.3, -0.25) is 4.79 Å². The van der Waals surface area contributed by atoms with E-state index in [4.69, 9.17) is 16.0 Å². The summed E-state index contributed by atoms with van der Waals surface area (Å²) in [5.74, 6) is 1.13. The number of furan rings is 1. The van der Waals surface area contributed by atoms with E-state index in [9.17, 15) is 4.79 Å². The number of piperidine rings is 1. The van der Waals surface area contributed by atoms with Crippen LogP contribution in [0.1, 0.15) is 71.5 Å². The number of nitrogens with zero attached hydrogens (tertiary/aromatic N) is 1. The Kier molecular flexibility index (Phi) is 5.21. The smallest absolute Gasteiger partial charge is 0.289 e. The highest BCUT2D eigenvalue weighted by molar-refractivity contribution is 7.10. The molecule has 0 bridgehead atoms. The molecule has 7 rings (SSSR count).